The van der Waals surface area contributed by atoms with Gasteiger partial charge in [0.2, 0.25) is 0 Å². The number of fused-ring (bicyclic) bond motifs is 1. The molecule has 2 aromatic rings. The molecule has 0 atom stereocenters. The summed E-state index contributed by atoms with van der Waals surface area (Å²) in [5, 5.41) is 8.73. The quantitative estimate of drug-likeness (QED) is 0.815. The molecule has 4 heteroatoms. The second-order valence-electron chi connectivity index (χ2n) is 4.08. The van der Waals surface area contributed by atoms with Gasteiger partial charge in [-0.3, -0.25) is 0 Å². The van der Waals surface area contributed by atoms with Crippen LogP contribution in [0.2, 0.25) is 0 Å². The first-order valence-electron chi connectivity index (χ1n) is 6.95. The van der Waals surface area contributed by atoms with Crippen molar-refractivity contribution in [2.75, 3.05) is 13.7 Å². The minimum atomic E-state index is 0.276. The van der Waals surface area contributed by atoms with E-state index >= 15 is 0 Å². The molecule has 19 heavy (non-hydrogen) atoms. The molecule has 0 radical (unpaired) electrons. The molecule has 1 heterocycles. The fraction of sp³-hybridized carbons (Fsp3) is 0.533. The first kappa shape index (κ1) is 15.5. The van der Waals surface area contributed by atoms with E-state index in [1.807, 2.05) is 38.4 Å². The summed E-state index contributed by atoms with van der Waals surface area (Å²) in [6.45, 7) is 5.21. The first-order valence-corrected chi connectivity index (χ1v) is 6.95. The van der Waals surface area contributed by atoms with E-state index in [9.17, 15) is 0 Å². The molecule has 1 aromatic carbocycles. The number of aryl methyl sites for hydroxylation is 1. The Morgan fingerprint density at radius 1 is 1.21 bits per heavy atom. The highest BCUT2D eigenvalue weighted by molar-refractivity contribution is 5.76. The molecule has 2 rings (SSSR count). The number of aliphatic hydroxyl groups excluding tert-OH is 1. The highest BCUT2D eigenvalue weighted by Gasteiger charge is 2.03. The number of imidazole rings is 1. The van der Waals surface area contributed by atoms with Gasteiger partial charge < -0.3 is 14.4 Å². The van der Waals surface area contributed by atoms with Gasteiger partial charge in [0.25, 0.3) is 0 Å². The second-order valence-corrected chi connectivity index (χ2v) is 4.08. The fourth-order valence-corrected chi connectivity index (χ4v) is 1.91. The van der Waals surface area contributed by atoms with Gasteiger partial charge in [-0.25, -0.2) is 4.98 Å². The zero-order valence-corrected chi connectivity index (χ0v) is 12.1. The van der Waals surface area contributed by atoms with Gasteiger partial charge >= 0.3 is 0 Å². The van der Waals surface area contributed by atoms with Gasteiger partial charge in [-0.2, -0.15) is 0 Å². The second kappa shape index (κ2) is 8.53. The third-order valence-electron chi connectivity index (χ3n) is 2.89. The van der Waals surface area contributed by atoms with E-state index in [4.69, 9.17) is 9.84 Å². The van der Waals surface area contributed by atoms with Gasteiger partial charge in [-0.15, -0.1) is 0 Å². The molecule has 0 aliphatic rings. The Labute approximate surface area is 115 Å². The van der Waals surface area contributed by atoms with E-state index in [1.54, 1.807) is 7.11 Å². The van der Waals surface area contributed by atoms with Crippen LogP contribution in [-0.4, -0.2) is 28.4 Å². The normalized spacial score (nSPS) is 10.1. The fourth-order valence-electron chi connectivity index (χ4n) is 1.91. The van der Waals surface area contributed by atoms with Crippen molar-refractivity contribution in [2.45, 2.75) is 39.7 Å². The number of hydrogen-bond donors (Lipinski definition) is 1. The number of aromatic nitrogens is 2. The van der Waals surface area contributed by atoms with Gasteiger partial charge in [0.05, 0.1) is 24.5 Å². The van der Waals surface area contributed by atoms with Gasteiger partial charge in [0.1, 0.15) is 5.75 Å². The van der Waals surface area contributed by atoms with Crippen molar-refractivity contribution >= 4 is 11.0 Å². The van der Waals surface area contributed by atoms with Crippen LogP contribution in [-0.2, 0) is 6.54 Å². The number of rotatable bonds is 6. The Bertz CT molecular complexity index is 480. The van der Waals surface area contributed by atoms with E-state index in [2.05, 4.69) is 9.55 Å². The summed E-state index contributed by atoms with van der Waals surface area (Å²) < 4.78 is 7.35. The number of methoxy groups -OCH3 is 1. The number of hydrogen-bond acceptors (Lipinski definition) is 3. The standard InChI is InChI=1S/C13H18N2O2.C2H6/c1-17-11-5-6-12-13(9-11)15(10-14-12)7-3-2-4-8-16;1-2/h5-6,9-10,16H,2-4,7-8H2,1H3;1-2H3. The largest absolute Gasteiger partial charge is 0.497 e. The van der Waals surface area contributed by atoms with Crippen molar-refractivity contribution in [1.29, 1.82) is 0 Å². The van der Waals surface area contributed by atoms with Crippen molar-refractivity contribution in [3.05, 3.63) is 24.5 Å². The average molecular weight is 264 g/mol. The molecule has 1 aromatic heterocycles. The number of nitrogens with zero attached hydrogens (tertiary/aromatic N) is 2. The molecule has 0 aliphatic carbocycles. The van der Waals surface area contributed by atoms with Crippen LogP contribution >= 0.6 is 0 Å². The van der Waals surface area contributed by atoms with Crippen molar-refractivity contribution in [3.8, 4) is 5.75 Å². The third kappa shape index (κ3) is 4.24. The van der Waals surface area contributed by atoms with Crippen LogP contribution in [0.1, 0.15) is 33.1 Å². The number of ether oxygens (including phenoxy) is 1. The molecule has 0 amide bonds. The summed E-state index contributed by atoms with van der Waals surface area (Å²) in [4.78, 5) is 4.35. The lowest BCUT2D eigenvalue weighted by molar-refractivity contribution is 0.282. The van der Waals surface area contributed by atoms with E-state index in [0.29, 0.717) is 0 Å². The highest BCUT2D eigenvalue weighted by atomic mass is 16.5. The molecular formula is C15H24N2O2. The Kier molecular flexibility index (Phi) is 6.97. The SMILES string of the molecule is CC.COc1ccc2ncn(CCCCCO)c2c1. The molecule has 0 spiro atoms. The lowest BCUT2D eigenvalue weighted by Gasteiger charge is -2.05. The van der Waals surface area contributed by atoms with Gasteiger partial charge in [-0.1, -0.05) is 13.8 Å². The zero-order valence-electron chi connectivity index (χ0n) is 12.1. The summed E-state index contributed by atoms with van der Waals surface area (Å²) in [5.74, 6) is 0.856. The first-order chi connectivity index (χ1) is 9.35. The minimum Gasteiger partial charge on any atom is -0.497 e. The van der Waals surface area contributed by atoms with Gasteiger partial charge in [-0.05, 0) is 31.4 Å². The molecule has 0 unspecified atom stereocenters. The summed E-state index contributed by atoms with van der Waals surface area (Å²) >= 11 is 0. The molecule has 0 saturated heterocycles. The van der Waals surface area contributed by atoms with Crippen LogP contribution in [0.15, 0.2) is 24.5 Å². The van der Waals surface area contributed by atoms with Crippen LogP contribution in [0, 0.1) is 0 Å². The molecule has 106 valence electrons. The maximum atomic E-state index is 8.73. The summed E-state index contributed by atoms with van der Waals surface area (Å²) in [5.41, 5.74) is 2.10. The Morgan fingerprint density at radius 3 is 2.68 bits per heavy atom. The smallest absolute Gasteiger partial charge is 0.121 e. The number of aliphatic hydroxyl groups is 1. The number of benzene rings is 1. The van der Waals surface area contributed by atoms with Crippen LogP contribution in [0.5, 0.6) is 5.75 Å². The highest BCUT2D eigenvalue weighted by Crippen LogP contribution is 2.20. The summed E-state index contributed by atoms with van der Waals surface area (Å²) in [6.07, 6.45) is 4.84. The van der Waals surface area contributed by atoms with Crippen molar-refractivity contribution in [3.63, 3.8) is 0 Å². The van der Waals surface area contributed by atoms with E-state index in [-0.39, 0.29) is 6.61 Å². The van der Waals surface area contributed by atoms with Crippen LogP contribution in [0.25, 0.3) is 11.0 Å². The van der Waals surface area contributed by atoms with Crippen LogP contribution < -0.4 is 4.74 Å². The summed E-state index contributed by atoms with van der Waals surface area (Å²) in [6, 6.07) is 5.90. The Balaban J connectivity index is 0.000000861. The summed E-state index contributed by atoms with van der Waals surface area (Å²) in [7, 11) is 1.67. The predicted octanol–water partition coefficient (Wildman–Crippen LogP) is 3.23. The number of unbranched alkanes of at least 4 members (excludes halogenated alkanes) is 2. The van der Waals surface area contributed by atoms with Crippen LogP contribution in [0.3, 0.4) is 0 Å². The van der Waals surface area contributed by atoms with Crippen molar-refractivity contribution in [1.82, 2.24) is 9.55 Å². The van der Waals surface area contributed by atoms with E-state index in [0.717, 1.165) is 42.6 Å². The Morgan fingerprint density at radius 2 is 2.00 bits per heavy atom. The monoisotopic (exact) mass is 264 g/mol. The van der Waals surface area contributed by atoms with E-state index in [1.165, 1.54) is 0 Å². The van der Waals surface area contributed by atoms with E-state index < -0.39 is 0 Å². The van der Waals surface area contributed by atoms with Gasteiger partial charge in [0.15, 0.2) is 0 Å². The Hall–Kier alpha value is -1.55. The lowest BCUT2D eigenvalue weighted by Crippen LogP contribution is -1.97. The molecular weight excluding hydrogens is 240 g/mol. The molecule has 0 bridgehead atoms. The van der Waals surface area contributed by atoms with Crippen molar-refractivity contribution < 1.29 is 9.84 Å². The molecule has 1 N–H and O–H groups in total. The third-order valence-corrected chi connectivity index (χ3v) is 2.89. The molecule has 4 nitrogen and oxygen atoms in total. The minimum absolute atomic E-state index is 0.276. The molecule has 0 saturated carbocycles. The average Bonchev–Trinajstić information content (AvgIpc) is 2.88. The topological polar surface area (TPSA) is 47.3 Å². The van der Waals surface area contributed by atoms with Gasteiger partial charge in [0, 0.05) is 19.2 Å². The molecule has 0 aliphatic heterocycles. The predicted molar refractivity (Wildman–Crippen MR) is 78.6 cm³/mol. The lowest BCUT2D eigenvalue weighted by atomic mass is 10.2. The zero-order chi connectivity index (χ0) is 14.1. The van der Waals surface area contributed by atoms with Crippen molar-refractivity contribution in [2.24, 2.45) is 0 Å². The molecule has 0 fully saturated rings. The van der Waals surface area contributed by atoms with Crippen LogP contribution in [0.4, 0.5) is 0 Å². The maximum Gasteiger partial charge on any atom is 0.121 e. The maximum absolute atomic E-state index is 8.73.